The zero-order valence-corrected chi connectivity index (χ0v) is 19.2. The van der Waals surface area contributed by atoms with Gasteiger partial charge in [0.15, 0.2) is 0 Å². The van der Waals surface area contributed by atoms with E-state index in [0.717, 1.165) is 18.2 Å². The van der Waals surface area contributed by atoms with Crippen LogP contribution in [-0.2, 0) is 9.53 Å². The summed E-state index contributed by atoms with van der Waals surface area (Å²) in [6.45, 7) is 0.837. The normalized spacial score (nSPS) is 16.4. The number of nitrogens with zero attached hydrogens (tertiary/aromatic N) is 1. The molecule has 2 amide bonds. The van der Waals surface area contributed by atoms with Crippen LogP contribution in [0.2, 0.25) is 0 Å². The molecule has 1 unspecified atom stereocenters. The lowest BCUT2D eigenvalue weighted by atomic mass is 9.90. The van der Waals surface area contributed by atoms with Crippen molar-refractivity contribution in [2.75, 3.05) is 44.3 Å². The number of aromatic nitrogens is 1. The monoisotopic (exact) mass is 471 g/mol. The van der Waals surface area contributed by atoms with Crippen molar-refractivity contribution in [2.24, 2.45) is 5.92 Å². The van der Waals surface area contributed by atoms with Crippen molar-refractivity contribution < 1.29 is 27.6 Å². The van der Waals surface area contributed by atoms with Gasteiger partial charge in [-0.05, 0) is 49.7 Å². The molecule has 0 bridgehead atoms. The van der Waals surface area contributed by atoms with Crippen LogP contribution in [0.1, 0.15) is 23.4 Å². The number of nitrogens with one attached hydrogen (secondary N) is 2. The third-order valence-corrected chi connectivity index (χ3v) is 6.95. The van der Waals surface area contributed by atoms with Gasteiger partial charge in [0, 0.05) is 25.9 Å². The molecule has 0 spiro atoms. The number of ether oxygens (including phenoxy) is 1. The number of halogens is 2. The molecule has 2 N–H and O–H groups in total. The SMILES string of the molecule is CN(C(=O)c1cc(=O)[nH]o1)C(C(=O)Nc1cc(F)c(S(C)(C)C)c(F)c1)C1CCOCC1. The molecule has 1 aromatic carbocycles. The van der Waals surface area contributed by atoms with E-state index in [9.17, 15) is 23.2 Å². The lowest BCUT2D eigenvalue weighted by molar-refractivity contribution is -0.123. The molecule has 32 heavy (non-hydrogen) atoms. The fraction of sp³-hybridized carbons (Fsp3) is 0.476. The highest BCUT2D eigenvalue weighted by atomic mass is 32.3. The van der Waals surface area contributed by atoms with Gasteiger partial charge >= 0.3 is 0 Å². The van der Waals surface area contributed by atoms with Crippen LogP contribution in [-0.4, -0.2) is 66.9 Å². The van der Waals surface area contributed by atoms with Crippen molar-refractivity contribution in [3.05, 3.63) is 45.9 Å². The van der Waals surface area contributed by atoms with Gasteiger partial charge in [-0.2, -0.15) is 5.16 Å². The number of H-pyrrole nitrogens is 1. The molecule has 2 aromatic rings. The Kier molecular flexibility index (Phi) is 7.09. The number of benzene rings is 1. The summed E-state index contributed by atoms with van der Waals surface area (Å²) < 4.78 is 39.5. The van der Waals surface area contributed by atoms with Crippen LogP contribution in [0, 0.1) is 17.6 Å². The highest BCUT2D eigenvalue weighted by Crippen LogP contribution is 2.48. The average Bonchev–Trinajstić information content (AvgIpc) is 3.13. The summed E-state index contributed by atoms with van der Waals surface area (Å²) in [6, 6.07) is 2.20. The van der Waals surface area contributed by atoms with Gasteiger partial charge in [0.05, 0.1) is 11.0 Å². The van der Waals surface area contributed by atoms with Gasteiger partial charge in [-0.3, -0.25) is 14.4 Å². The van der Waals surface area contributed by atoms with Gasteiger partial charge in [0.2, 0.25) is 11.7 Å². The fourth-order valence-electron chi connectivity index (χ4n) is 3.86. The van der Waals surface area contributed by atoms with Crippen LogP contribution in [0.3, 0.4) is 0 Å². The Balaban J connectivity index is 1.89. The predicted molar refractivity (Wildman–Crippen MR) is 117 cm³/mol. The number of aromatic amines is 1. The Bertz CT molecular complexity index is 1030. The molecule has 1 aliphatic rings. The van der Waals surface area contributed by atoms with E-state index >= 15 is 0 Å². The van der Waals surface area contributed by atoms with Crippen molar-refractivity contribution in [1.82, 2.24) is 10.1 Å². The summed E-state index contributed by atoms with van der Waals surface area (Å²) in [5, 5.41) is 4.59. The maximum atomic E-state index is 14.6. The topological polar surface area (TPSA) is 105 Å². The molecular weight excluding hydrogens is 444 g/mol. The third-order valence-electron chi connectivity index (χ3n) is 5.33. The van der Waals surface area contributed by atoms with Crippen LogP contribution < -0.4 is 10.9 Å². The average molecular weight is 472 g/mol. The molecule has 3 rings (SSSR count). The number of carbonyl (C=O) groups is 2. The van der Waals surface area contributed by atoms with E-state index < -0.39 is 45.1 Å². The first kappa shape index (κ1) is 24.0. The number of hydrogen-bond acceptors (Lipinski definition) is 5. The molecule has 176 valence electrons. The number of rotatable bonds is 6. The molecule has 0 aliphatic carbocycles. The van der Waals surface area contributed by atoms with Gasteiger partial charge < -0.3 is 19.5 Å². The van der Waals surface area contributed by atoms with Crippen LogP contribution >= 0.6 is 10.0 Å². The molecule has 0 radical (unpaired) electrons. The van der Waals surface area contributed by atoms with E-state index in [4.69, 9.17) is 9.26 Å². The Morgan fingerprint density at radius 3 is 2.25 bits per heavy atom. The fourth-order valence-corrected chi connectivity index (χ4v) is 5.15. The Labute approximate surface area is 185 Å². The molecule has 11 heteroatoms. The largest absolute Gasteiger partial charge is 0.381 e. The van der Waals surface area contributed by atoms with E-state index in [2.05, 4.69) is 5.32 Å². The van der Waals surface area contributed by atoms with E-state index in [-0.39, 0.29) is 22.3 Å². The molecule has 1 aromatic heterocycles. The summed E-state index contributed by atoms with van der Waals surface area (Å²) in [6.07, 6.45) is 6.35. The van der Waals surface area contributed by atoms with Gasteiger partial charge in [-0.25, -0.2) is 18.8 Å². The molecule has 1 aliphatic heterocycles. The zero-order valence-electron chi connectivity index (χ0n) is 18.4. The quantitative estimate of drug-likeness (QED) is 0.674. The second kappa shape index (κ2) is 9.45. The van der Waals surface area contributed by atoms with E-state index in [1.165, 1.54) is 11.9 Å². The lowest BCUT2D eigenvalue weighted by Gasteiger charge is -2.35. The first-order valence-corrected chi connectivity index (χ1v) is 12.9. The molecule has 1 fully saturated rings. The standard InChI is InChI=1S/C21H27F2N3O5S/c1-26(21(29)16-11-17(27)25-31-16)18(12-5-7-30-8-6-12)20(28)24-13-9-14(22)19(15(23)10-13)32(2,3)4/h9-12,18H,5-8H2,1-4H3,(H,24,28)(H,25,27). The molecule has 1 saturated heterocycles. The predicted octanol–water partition coefficient (Wildman–Crippen LogP) is 2.80. The van der Waals surface area contributed by atoms with Gasteiger partial charge in [-0.15, -0.1) is 0 Å². The van der Waals surface area contributed by atoms with Crippen LogP contribution in [0.25, 0.3) is 0 Å². The smallest absolute Gasteiger partial charge is 0.292 e. The second-order valence-electron chi connectivity index (χ2n) is 8.48. The first-order valence-electron chi connectivity index (χ1n) is 10.0. The van der Waals surface area contributed by atoms with Gasteiger partial charge in [0.25, 0.3) is 11.5 Å². The summed E-state index contributed by atoms with van der Waals surface area (Å²) >= 11 is 0. The van der Waals surface area contributed by atoms with Crippen molar-refractivity contribution in [3.8, 4) is 0 Å². The number of carbonyl (C=O) groups excluding carboxylic acids is 2. The van der Waals surface area contributed by atoms with Crippen LogP contribution in [0.5, 0.6) is 0 Å². The summed E-state index contributed by atoms with van der Waals surface area (Å²) in [5.74, 6) is -3.22. The molecule has 0 saturated carbocycles. The Morgan fingerprint density at radius 2 is 1.75 bits per heavy atom. The van der Waals surface area contributed by atoms with E-state index in [0.29, 0.717) is 26.1 Å². The number of anilines is 1. The summed E-state index contributed by atoms with van der Waals surface area (Å²) in [5.41, 5.74) is -0.621. The Hall–Kier alpha value is -2.66. The maximum Gasteiger partial charge on any atom is 0.292 e. The van der Waals surface area contributed by atoms with E-state index in [1.807, 2.05) is 5.16 Å². The van der Waals surface area contributed by atoms with Gasteiger partial charge in [0.1, 0.15) is 17.7 Å². The second-order valence-corrected chi connectivity index (χ2v) is 12.6. The van der Waals surface area contributed by atoms with Crippen LogP contribution in [0.4, 0.5) is 14.5 Å². The van der Waals surface area contributed by atoms with Crippen molar-refractivity contribution in [2.45, 2.75) is 23.8 Å². The van der Waals surface area contributed by atoms with Gasteiger partial charge in [-0.1, -0.05) is 0 Å². The van der Waals surface area contributed by atoms with Crippen molar-refractivity contribution >= 4 is 27.5 Å². The number of hydrogen-bond donors (Lipinski definition) is 2. The number of likely N-dealkylation sites (N-methyl/N-ethyl adjacent to an activating group) is 1. The van der Waals surface area contributed by atoms with Crippen molar-refractivity contribution in [1.29, 1.82) is 0 Å². The maximum absolute atomic E-state index is 14.6. The molecule has 8 nitrogen and oxygen atoms in total. The third kappa shape index (κ3) is 5.21. The summed E-state index contributed by atoms with van der Waals surface area (Å²) in [7, 11) is -0.246. The molecule has 1 atom stereocenters. The molecular formula is C21H27F2N3O5S. The minimum atomic E-state index is -1.66. The Morgan fingerprint density at radius 1 is 1.16 bits per heavy atom. The van der Waals surface area contributed by atoms with Crippen molar-refractivity contribution in [3.63, 3.8) is 0 Å². The first-order chi connectivity index (χ1) is 15.0. The minimum absolute atomic E-state index is 0.00580. The zero-order chi connectivity index (χ0) is 23.6. The lowest BCUT2D eigenvalue weighted by Crippen LogP contribution is -2.50. The highest BCUT2D eigenvalue weighted by Gasteiger charge is 2.37. The van der Waals surface area contributed by atoms with E-state index in [1.54, 1.807) is 18.8 Å². The molecule has 2 heterocycles. The number of amides is 2. The van der Waals surface area contributed by atoms with Crippen LogP contribution in [0.15, 0.2) is 32.4 Å². The summed E-state index contributed by atoms with van der Waals surface area (Å²) in [4.78, 5) is 38.5. The highest BCUT2D eigenvalue weighted by molar-refractivity contribution is 8.32. The minimum Gasteiger partial charge on any atom is -0.381 e.